The molecule has 2 aromatic rings. The van der Waals surface area contributed by atoms with E-state index in [9.17, 15) is 18.0 Å². The van der Waals surface area contributed by atoms with Gasteiger partial charge in [-0.05, 0) is 49.6 Å². The summed E-state index contributed by atoms with van der Waals surface area (Å²) in [5.74, 6) is -0.901. The molecule has 2 rings (SSSR count). The van der Waals surface area contributed by atoms with Crippen LogP contribution in [0.3, 0.4) is 0 Å². The van der Waals surface area contributed by atoms with Crippen molar-refractivity contribution >= 4 is 39.3 Å². The molecule has 2 amide bonds. The van der Waals surface area contributed by atoms with E-state index in [4.69, 9.17) is 11.6 Å². The molecule has 0 saturated carbocycles. The lowest BCUT2D eigenvalue weighted by Crippen LogP contribution is -2.52. The summed E-state index contributed by atoms with van der Waals surface area (Å²) in [5, 5.41) is 3.00. The second-order valence-electron chi connectivity index (χ2n) is 7.99. The monoisotopic (exact) mass is 494 g/mol. The highest BCUT2D eigenvalue weighted by Gasteiger charge is 2.33. The number of rotatable bonds is 9. The zero-order chi connectivity index (χ0) is 24.9. The molecule has 0 fully saturated rings. The SMILES string of the molecule is CNC(=O)[C@H](C)N(Cc1ccccc1Cl)C(=O)CN(c1cc(C)ccc1C)S(=O)(=O)N(C)C. The van der Waals surface area contributed by atoms with Crippen LogP contribution in [0.5, 0.6) is 0 Å². The van der Waals surface area contributed by atoms with Crippen molar-refractivity contribution in [2.24, 2.45) is 0 Å². The molecule has 0 unspecified atom stereocenters. The predicted molar refractivity (Wildman–Crippen MR) is 131 cm³/mol. The minimum Gasteiger partial charge on any atom is -0.357 e. The molecule has 180 valence electrons. The number of hydrogen-bond donors (Lipinski definition) is 1. The molecule has 0 aliphatic heterocycles. The van der Waals surface area contributed by atoms with Gasteiger partial charge in [0.25, 0.3) is 0 Å². The summed E-state index contributed by atoms with van der Waals surface area (Å²) in [4.78, 5) is 27.3. The van der Waals surface area contributed by atoms with E-state index >= 15 is 0 Å². The quantitative estimate of drug-likeness (QED) is 0.580. The zero-order valence-corrected chi connectivity index (χ0v) is 21.4. The maximum Gasteiger partial charge on any atom is 0.304 e. The van der Waals surface area contributed by atoms with E-state index in [1.807, 2.05) is 19.1 Å². The Bertz CT molecular complexity index is 1120. The van der Waals surface area contributed by atoms with Crippen LogP contribution in [-0.2, 0) is 26.3 Å². The van der Waals surface area contributed by atoms with Crippen molar-refractivity contribution in [1.82, 2.24) is 14.5 Å². The molecule has 0 spiro atoms. The Kier molecular flexibility index (Phi) is 8.88. The Morgan fingerprint density at radius 3 is 2.30 bits per heavy atom. The summed E-state index contributed by atoms with van der Waals surface area (Å²) in [5.41, 5.74) is 2.61. The van der Waals surface area contributed by atoms with E-state index in [-0.39, 0.29) is 12.5 Å². The van der Waals surface area contributed by atoms with Gasteiger partial charge in [0.05, 0.1) is 5.69 Å². The van der Waals surface area contributed by atoms with E-state index in [1.54, 1.807) is 44.2 Å². The van der Waals surface area contributed by atoms with Gasteiger partial charge in [0.1, 0.15) is 12.6 Å². The molecule has 0 aliphatic carbocycles. The van der Waals surface area contributed by atoms with Crippen LogP contribution in [0, 0.1) is 13.8 Å². The first-order valence-electron chi connectivity index (χ1n) is 10.4. The van der Waals surface area contributed by atoms with Crippen LogP contribution >= 0.6 is 11.6 Å². The summed E-state index contributed by atoms with van der Waals surface area (Å²) in [6.45, 7) is 4.80. The molecule has 8 nitrogen and oxygen atoms in total. The average molecular weight is 495 g/mol. The summed E-state index contributed by atoms with van der Waals surface area (Å²) in [6, 6.07) is 11.6. The van der Waals surface area contributed by atoms with Crippen LogP contribution < -0.4 is 9.62 Å². The molecule has 0 radical (unpaired) electrons. The Labute approximate surface area is 201 Å². The third kappa shape index (κ3) is 6.25. The van der Waals surface area contributed by atoms with Crippen LogP contribution in [-0.4, -0.2) is 63.2 Å². The maximum absolute atomic E-state index is 13.5. The first-order valence-corrected chi connectivity index (χ1v) is 12.2. The van der Waals surface area contributed by atoms with Crippen molar-refractivity contribution in [3.05, 3.63) is 64.2 Å². The molecule has 0 bridgehead atoms. The van der Waals surface area contributed by atoms with Crippen LogP contribution in [0.4, 0.5) is 5.69 Å². The number of aryl methyl sites for hydroxylation is 2. The Morgan fingerprint density at radius 2 is 1.73 bits per heavy atom. The van der Waals surface area contributed by atoms with Gasteiger partial charge in [0.15, 0.2) is 0 Å². The van der Waals surface area contributed by atoms with Gasteiger partial charge >= 0.3 is 10.2 Å². The van der Waals surface area contributed by atoms with Crippen LogP contribution in [0.15, 0.2) is 42.5 Å². The van der Waals surface area contributed by atoms with E-state index in [0.717, 1.165) is 14.2 Å². The van der Waals surface area contributed by atoms with Gasteiger partial charge in [-0.2, -0.15) is 12.7 Å². The number of carbonyl (C=O) groups is 2. The highest BCUT2D eigenvalue weighted by atomic mass is 35.5. The van der Waals surface area contributed by atoms with Crippen LogP contribution in [0.2, 0.25) is 5.02 Å². The van der Waals surface area contributed by atoms with Crippen LogP contribution in [0.25, 0.3) is 0 Å². The minimum atomic E-state index is -4.00. The molecule has 33 heavy (non-hydrogen) atoms. The van der Waals surface area contributed by atoms with Crippen molar-refractivity contribution < 1.29 is 18.0 Å². The first kappa shape index (κ1) is 26.6. The summed E-state index contributed by atoms with van der Waals surface area (Å²) < 4.78 is 28.5. The highest BCUT2D eigenvalue weighted by molar-refractivity contribution is 7.90. The van der Waals surface area contributed by atoms with Crippen molar-refractivity contribution in [2.45, 2.75) is 33.4 Å². The average Bonchev–Trinajstić information content (AvgIpc) is 2.77. The van der Waals surface area contributed by atoms with Crippen LogP contribution in [0.1, 0.15) is 23.6 Å². The normalized spacial score (nSPS) is 12.4. The molecule has 0 saturated heterocycles. The number of anilines is 1. The van der Waals surface area contributed by atoms with E-state index in [0.29, 0.717) is 21.8 Å². The third-order valence-corrected chi connectivity index (χ3v) is 7.54. The van der Waals surface area contributed by atoms with Gasteiger partial charge in [0.2, 0.25) is 11.8 Å². The van der Waals surface area contributed by atoms with Gasteiger partial charge in [-0.1, -0.05) is 41.9 Å². The standard InChI is InChI=1S/C23H31ClN4O4S/c1-16-11-12-17(2)21(13-16)28(33(31,32)26(5)6)15-22(29)27(18(3)23(30)25-4)14-19-9-7-8-10-20(19)24/h7-13,18H,14-15H2,1-6H3,(H,25,30)/t18-/m0/s1. The second-order valence-corrected chi connectivity index (χ2v) is 10.5. The Hall–Kier alpha value is -2.62. The number of nitrogens with one attached hydrogen (secondary N) is 1. The van der Waals surface area contributed by atoms with Crippen molar-refractivity contribution in [3.8, 4) is 0 Å². The fourth-order valence-electron chi connectivity index (χ4n) is 3.29. The molecule has 1 atom stereocenters. The zero-order valence-electron chi connectivity index (χ0n) is 19.8. The number of benzene rings is 2. The van der Waals surface area contributed by atoms with Gasteiger partial charge in [-0.3, -0.25) is 9.59 Å². The maximum atomic E-state index is 13.5. The highest BCUT2D eigenvalue weighted by Crippen LogP contribution is 2.26. The van der Waals surface area contributed by atoms with Crippen molar-refractivity contribution in [2.75, 3.05) is 32.0 Å². The largest absolute Gasteiger partial charge is 0.357 e. The number of hydrogen-bond acceptors (Lipinski definition) is 4. The lowest BCUT2D eigenvalue weighted by Gasteiger charge is -2.33. The van der Waals surface area contributed by atoms with Gasteiger partial charge in [-0.25, -0.2) is 4.31 Å². The number of carbonyl (C=O) groups excluding carboxylic acids is 2. The van der Waals surface area contributed by atoms with Gasteiger partial charge in [0, 0.05) is 32.7 Å². The smallest absolute Gasteiger partial charge is 0.304 e. The molecule has 2 aromatic carbocycles. The fraction of sp³-hybridized carbons (Fsp3) is 0.391. The van der Waals surface area contributed by atoms with E-state index in [2.05, 4.69) is 5.32 Å². The van der Waals surface area contributed by atoms with Gasteiger partial charge in [-0.15, -0.1) is 0 Å². The number of amides is 2. The summed E-state index contributed by atoms with van der Waals surface area (Å²) >= 11 is 6.29. The molecule has 1 N–H and O–H groups in total. The minimum absolute atomic E-state index is 0.0513. The van der Waals surface area contributed by atoms with E-state index in [1.165, 1.54) is 26.0 Å². The number of likely N-dealkylation sites (N-methyl/N-ethyl adjacent to an activating group) is 1. The summed E-state index contributed by atoms with van der Waals surface area (Å²) in [7, 11) is 0.301. The topological polar surface area (TPSA) is 90.0 Å². The number of nitrogens with zero attached hydrogens (tertiary/aromatic N) is 3. The second kappa shape index (κ2) is 11.0. The fourth-order valence-corrected chi connectivity index (χ4v) is 4.60. The van der Waals surface area contributed by atoms with E-state index < -0.39 is 28.7 Å². The Balaban J connectivity index is 2.52. The summed E-state index contributed by atoms with van der Waals surface area (Å²) in [6.07, 6.45) is 0. The lowest BCUT2D eigenvalue weighted by atomic mass is 10.1. The molecule has 0 heterocycles. The first-order chi connectivity index (χ1) is 15.4. The molecule has 10 heteroatoms. The lowest BCUT2D eigenvalue weighted by molar-refractivity contribution is -0.139. The molecule has 0 aromatic heterocycles. The third-order valence-electron chi connectivity index (χ3n) is 5.36. The molecular weight excluding hydrogens is 464 g/mol. The Morgan fingerprint density at radius 1 is 1.09 bits per heavy atom. The van der Waals surface area contributed by atoms with Crippen molar-refractivity contribution in [1.29, 1.82) is 0 Å². The number of halogens is 1. The van der Waals surface area contributed by atoms with Crippen molar-refractivity contribution in [3.63, 3.8) is 0 Å². The predicted octanol–water partition coefficient (Wildman–Crippen LogP) is 2.73. The van der Waals surface area contributed by atoms with Gasteiger partial charge < -0.3 is 10.2 Å². The molecular formula is C23H31ClN4O4S. The molecule has 0 aliphatic rings.